The zero-order valence-electron chi connectivity index (χ0n) is 16.5. The topological polar surface area (TPSA) is 67.1 Å². The molecule has 1 heterocycles. The maximum absolute atomic E-state index is 6.19. The van der Waals surface area contributed by atoms with Crippen molar-refractivity contribution in [2.45, 2.75) is 31.7 Å². The van der Waals surface area contributed by atoms with Gasteiger partial charge in [0.15, 0.2) is 5.96 Å². The summed E-state index contributed by atoms with van der Waals surface area (Å²) in [5, 5.41) is 11.8. The zero-order chi connectivity index (χ0) is 20.1. The first kappa shape index (κ1) is 19.5. The standard InChI is InChI=1S/C22H25ClN6/c1-2-25-21(27-14-22(10-11-22)18-4-3-5-19(23)12-18)26-13-17-6-8-20(9-7-17)29-16-24-15-28-29/h3-9,12,15-16H,2,10-11,13-14H2,1H3,(H2,25,26,27). The van der Waals surface area contributed by atoms with Crippen LogP contribution in [0, 0.1) is 0 Å². The van der Waals surface area contributed by atoms with Gasteiger partial charge in [-0.05, 0) is 55.2 Å². The largest absolute Gasteiger partial charge is 0.357 e. The van der Waals surface area contributed by atoms with Crippen LogP contribution in [0.5, 0.6) is 0 Å². The van der Waals surface area contributed by atoms with Gasteiger partial charge in [0.2, 0.25) is 0 Å². The number of hydrogen-bond donors (Lipinski definition) is 2. The Morgan fingerprint density at radius 2 is 2.00 bits per heavy atom. The highest BCUT2D eigenvalue weighted by atomic mass is 35.5. The minimum absolute atomic E-state index is 0.167. The normalized spacial score (nSPS) is 15.2. The summed E-state index contributed by atoms with van der Waals surface area (Å²) in [6.07, 6.45) is 5.56. The third-order valence-corrected chi connectivity index (χ3v) is 5.50. The molecule has 4 rings (SSSR count). The van der Waals surface area contributed by atoms with Gasteiger partial charge in [-0.3, -0.25) is 0 Å². The van der Waals surface area contributed by atoms with Crippen molar-refractivity contribution in [2.24, 2.45) is 4.99 Å². The molecule has 2 N–H and O–H groups in total. The van der Waals surface area contributed by atoms with Crippen LogP contribution in [0.3, 0.4) is 0 Å². The van der Waals surface area contributed by atoms with Gasteiger partial charge in [-0.2, -0.15) is 5.10 Å². The monoisotopic (exact) mass is 408 g/mol. The Bertz CT molecular complexity index is 961. The van der Waals surface area contributed by atoms with E-state index in [2.05, 4.69) is 51.9 Å². The van der Waals surface area contributed by atoms with Crippen LogP contribution in [0.1, 0.15) is 30.9 Å². The summed E-state index contributed by atoms with van der Waals surface area (Å²) < 4.78 is 1.74. The van der Waals surface area contributed by atoms with Crippen molar-refractivity contribution >= 4 is 17.6 Å². The van der Waals surface area contributed by atoms with Gasteiger partial charge >= 0.3 is 0 Å². The van der Waals surface area contributed by atoms with Gasteiger partial charge in [-0.1, -0.05) is 35.9 Å². The summed E-state index contributed by atoms with van der Waals surface area (Å²) in [7, 11) is 0. The second-order valence-corrected chi connectivity index (χ2v) is 7.78. The average Bonchev–Trinajstić information content (AvgIpc) is 3.34. The van der Waals surface area contributed by atoms with E-state index in [1.54, 1.807) is 11.0 Å². The summed E-state index contributed by atoms with van der Waals surface area (Å²) in [5.41, 5.74) is 3.59. The maximum Gasteiger partial charge on any atom is 0.191 e. The molecule has 29 heavy (non-hydrogen) atoms. The first-order valence-corrected chi connectivity index (χ1v) is 10.3. The van der Waals surface area contributed by atoms with Crippen LogP contribution in [0.25, 0.3) is 5.69 Å². The molecule has 0 radical (unpaired) electrons. The minimum Gasteiger partial charge on any atom is -0.357 e. The molecule has 0 saturated heterocycles. The summed E-state index contributed by atoms with van der Waals surface area (Å²) >= 11 is 6.19. The molecule has 0 amide bonds. The van der Waals surface area contributed by atoms with E-state index in [-0.39, 0.29) is 5.41 Å². The molecule has 1 aliphatic carbocycles. The van der Waals surface area contributed by atoms with E-state index in [0.717, 1.165) is 35.3 Å². The molecule has 0 atom stereocenters. The van der Waals surface area contributed by atoms with E-state index in [4.69, 9.17) is 16.6 Å². The molecule has 6 nitrogen and oxygen atoms in total. The van der Waals surface area contributed by atoms with Crippen molar-refractivity contribution in [1.82, 2.24) is 25.4 Å². The fourth-order valence-corrected chi connectivity index (χ4v) is 3.59. The summed E-state index contributed by atoms with van der Waals surface area (Å²) in [4.78, 5) is 8.73. The van der Waals surface area contributed by atoms with Crippen molar-refractivity contribution in [1.29, 1.82) is 0 Å². The second-order valence-electron chi connectivity index (χ2n) is 7.35. The number of aliphatic imine (C=N–C) groups is 1. The molecule has 1 aromatic heterocycles. The number of rotatable bonds is 7. The van der Waals surface area contributed by atoms with Crippen molar-refractivity contribution in [3.63, 3.8) is 0 Å². The lowest BCUT2D eigenvalue weighted by atomic mass is 9.96. The van der Waals surface area contributed by atoms with Gasteiger partial charge in [-0.25, -0.2) is 14.7 Å². The Hall–Kier alpha value is -2.86. The van der Waals surface area contributed by atoms with Crippen LogP contribution in [-0.2, 0) is 12.0 Å². The van der Waals surface area contributed by atoms with Gasteiger partial charge in [0.1, 0.15) is 12.7 Å². The van der Waals surface area contributed by atoms with Crippen molar-refractivity contribution in [2.75, 3.05) is 13.1 Å². The van der Waals surface area contributed by atoms with Gasteiger partial charge < -0.3 is 10.6 Å². The van der Waals surface area contributed by atoms with Gasteiger partial charge in [0.25, 0.3) is 0 Å². The van der Waals surface area contributed by atoms with E-state index in [9.17, 15) is 0 Å². The Balaban J connectivity index is 1.39. The smallest absolute Gasteiger partial charge is 0.191 e. The molecule has 2 aromatic carbocycles. The summed E-state index contributed by atoms with van der Waals surface area (Å²) in [5.74, 6) is 0.834. The fraction of sp³-hybridized carbons (Fsp3) is 0.318. The van der Waals surface area contributed by atoms with Crippen LogP contribution in [-0.4, -0.2) is 33.8 Å². The summed E-state index contributed by atoms with van der Waals surface area (Å²) in [6, 6.07) is 16.4. The highest BCUT2D eigenvalue weighted by molar-refractivity contribution is 6.30. The Morgan fingerprint density at radius 3 is 2.66 bits per heavy atom. The molecule has 150 valence electrons. The number of benzene rings is 2. The highest BCUT2D eigenvalue weighted by Gasteiger charge is 2.44. The second kappa shape index (κ2) is 8.66. The lowest BCUT2D eigenvalue weighted by Crippen LogP contribution is -2.41. The lowest BCUT2D eigenvalue weighted by molar-refractivity contribution is 0.646. The van der Waals surface area contributed by atoms with Gasteiger partial charge in [0.05, 0.1) is 12.2 Å². The van der Waals surface area contributed by atoms with Crippen molar-refractivity contribution < 1.29 is 0 Å². The van der Waals surface area contributed by atoms with Gasteiger partial charge in [0, 0.05) is 23.5 Å². The molecule has 0 unspecified atom stereocenters. The first-order valence-electron chi connectivity index (χ1n) is 9.91. The van der Waals surface area contributed by atoms with E-state index in [0.29, 0.717) is 6.54 Å². The Kier molecular flexibility index (Phi) is 5.81. The first-order chi connectivity index (χ1) is 14.2. The van der Waals surface area contributed by atoms with Crippen LogP contribution < -0.4 is 10.6 Å². The molecule has 1 saturated carbocycles. The molecular weight excluding hydrogens is 384 g/mol. The lowest BCUT2D eigenvalue weighted by Gasteiger charge is -2.19. The number of nitrogens with zero attached hydrogens (tertiary/aromatic N) is 4. The van der Waals surface area contributed by atoms with E-state index in [1.807, 2.05) is 24.3 Å². The Morgan fingerprint density at radius 1 is 1.17 bits per heavy atom. The van der Waals surface area contributed by atoms with Crippen molar-refractivity contribution in [3.8, 4) is 5.69 Å². The molecule has 1 aliphatic rings. The molecule has 1 fully saturated rings. The molecular formula is C22H25ClN6. The maximum atomic E-state index is 6.19. The molecule has 7 heteroatoms. The molecule has 0 spiro atoms. The number of hydrogen-bond acceptors (Lipinski definition) is 3. The predicted octanol–water partition coefficient (Wildman–Crippen LogP) is 3.71. The van der Waals surface area contributed by atoms with E-state index < -0.39 is 0 Å². The van der Waals surface area contributed by atoms with Crippen molar-refractivity contribution in [3.05, 3.63) is 77.3 Å². The summed E-state index contributed by atoms with van der Waals surface area (Å²) in [6.45, 7) is 4.36. The van der Waals surface area contributed by atoms with Crippen LogP contribution in [0.2, 0.25) is 5.02 Å². The fourth-order valence-electron chi connectivity index (χ4n) is 3.40. The number of halogens is 1. The van der Waals surface area contributed by atoms with Gasteiger partial charge in [-0.15, -0.1) is 0 Å². The quantitative estimate of drug-likeness (QED) is 0.462. The minimum atomic E-state index is 0.167. The number of guanidine groups is 1. The average molecular weight is 409 g/mol. The predicted molar refractivity (Wildman–Crippen MR) is 117 cm³/mol. The Labute approximate surface area is 176 Å². The molecule has 0 bridgehead atoms. The highest BCUT2D eigenvalue weighted by Crippen LogP contribution is 2.48. The third-order valence-electron chi connectivity index (χ3n) is 5.27. The zero-order valence-corrected chi connectivity index (χ0v) is 17.2. The third kappa shape index (κ3) is 4.77. The van der Waals surface area contributed by atoms with Crippen LogP contribution >= 0.6 is 11.6 Å². The van der Waals surface area contributed by atoms with E-state index in [1.165, 1.54) is 24.7 Å². The SMILES string of the molecule is CCNC(=NCc1ccc(-n2cncn2)cc1)NCC1(c2cccc(Cl)c2)CC1. The number of nitrogens with one attached hydrogen (secondary N) is 2. The molecule has 3 aromatic rings. The van der Waals surface area contributed by atoms with E-state index >= 15 is 0 Å². The number of aromatic nitrogens is 3. The molecule has 0 aliphatic heterocycles. The van der Waals surface area contributed by atoms with Crippen LogP contribution in [0.4, 0.5) is 0 Å². The van der Waals surface area contributed by atoms with Crippen LogP contribution in [0.15, 0.2) is 66.2 Å².